The van der Waals surface area contributed by atoms with Gasteiger partial charge in [-0.25, -0.2) is 16.8 Å². The number of benzene rings is 3. The summed E-state index contributed by atoms with van der Waals surface area (Å²) in [7, 11) is -8.36. The standard InChI is InChI=1S/C18H17N3O9S3.2Na/c19-17-8-2-12-1-5-15(33(25,26)27)11-16(12)18(17)21-20-13-3-6-14(7-4-13)32(23,24)10-9-28-31-30-29-22;;/h1-8,11,22H,9-10,19H2,(H,25,26,27);;/q;2*+1/p-2. The van der Waals surface area contributed by atoms with Crippen LogP contribution in [0.5, 0.6) is 0 Å². The molecule has 0 amide bonds. The zero-order chi connectivity index (χ0) is 24.1. The van der Waals surface area contributed by atoms with Gasteiger partial charge in [-0.15, -0.1) is 9.45 Å². The summed E-state index contributed by atoms with van der Waals surface area (Å²) in [5.41, 5.74) is 6.62. The quantitative estimate of drug-likeness (QED) is 0.0376. The minimum atomic E-state index is -4.68. The Balaban J connectivity index is 0.00000306. The first kappa shape index (κ1) is 32.4. The summed E-state index contributed by atoms with van der Waals surface area (Å²) in [4.78, 5) is -0.424. The maximum absolute atomic E-state index is 12.3. The van der Waals surface area contributed by atoms with Crippen LogP contribution in [0.15, 0.2) is 74.6 Å². The third kappa shape index (κ3) is 9.01. The number of fused-ring (bicyclic) bond motifs is 1. The predicted molar refractivity (Wildman–Crippen MR) is 115 cm³/mol. The summed E-state index contributed by atoms with van der Waals surface area (Å²) in [6.07, 6.45) is 0. The van der Waals surface area contributed by atoms with Gasteiger partial charge in [-0.1, -0.05) is 12.1 Å². The number of anilines is 1. The van der Waals surface area contributed by atoms with E-state index in [0.717, 1.165) is 0 Å². The molecule has 0 heterocycles. The fourth-order valence-corrected chi connectivity index (χ4v) is 4.63. The van der Waals surface area contributed by atoms with Gasteiger partial charge in [-0.2, -0.15) is 5.11 Å². The van der Waals surface area contributed by atoms with Crippen molar-refractivity contribution in [1.29, 1.82) is 0 Å². The van der Waals surface area contributed by atoms with E-state index in [2.05, 4.69) is 19.6 Å². The molecule has 0 aliphatic rings. The Labute approximate surface area is 249 Å². The first-order valence-corrected chi connectivity index (χ1v) is 12.6. The van der Waals surface area contributed by atoms with E-state index in [4.69, 9.17) is 9.92 Å². The van der Waals surface area contributed by atoms with Crippen LogP contribution in [0.2, 0.25) is 0 Å². The van der Waals surface area contributed by atoms with Gasteiger partial charge < -0.3 is 15.5 Å². The molecular weight excluding hydrogens is 544 g/mol. The van der Waals surface area contributed by atoms with Gasteiger partial charge in [0.1, 0.15) is 15.8 Å². The molecule has 0 fully saturated rings. The molecule has 0 aromatic heterocycles. The maximum Gasteiger partial charge on any atom is 1.00 e. The summed E-state index contributed by atoms with van der Waals surface area (Å²) in [5, 5.41) is 21.7. The van der Waals surface area contributed by atoms with Gasteiger partial charge in [0, 0.05) is 5.39 Å². The third-order valence-electron chi connectivity index (χ3n) is 4.28. The Bertz CT molecular complexity index is 1390. The van der Waals surface area contributed by atoms with Crippen molar-refractivity contribution >= 4 is 60.1 Å². The number of azo groups is 1. The van der Waals surface area contributed by atoms with Crippen molar-refractivity contribution in [3.63, 3.8) is 0 Å². The molecule has 0 saturated heterocycles. The number of nitrogens with two attached hydrogens (primary N) is 1. The smallest absolute Gasteiger partial charge is 0.744 e. The average Bonchev–Trinajstić information content (AvgIpc) is 2.77. The van der Waals surface area contributed by atoms with E-state index >= 15 is 0 Å². The van der Waals surface area contributed by atoms with Gasteiger partial charge in [-0.3, -0.25) is 9.22 Å². The molecule has 0 aliphatic carbocycles. The van der Waals surface area contributed by atoms with Crippen LogP contribution < -0.4 is 70.1 Å². The molecule has 0 spiro atoms. The van der Waals surface area contributed by atoms with Gasteiger partial charge in [0.2, 0.25) is 0 Å². The van der Waals surface area contributed by atoms with Crippen LogP contribution in [-0.4, -0.2) is 33.7 Å². The predicted octanol–water partition coefficient (Wildman–Crippen LogP) is -3.67. The molecule has 176 valence electrons. The Morgan fingerprint density at radius 1 is 0.914 bits per heavy atom. The second-order valence-corrected chi connectivity index (χ2v) is 10.4. The minimum Gasteiger partial charge on any atom is -0.744 e. The van der Waals surface area contributed by atoms with Crippen LogP contribution in [0.4, 0.5) is 17.1 Å². The van der Waals surface area contributed by atoms with Crippen LogP contribution in [0.3, 0.4) is 0 Å². The Morgan fingerprint density at radius 2 is 1.54 bits per heavy atom. The fraction of sp³-hybridized carbons (Fsp3) is 0.111. The first-order valence-electron chi connectivity index (χ1n) is 8.89. The molecule has 12 nitrogen and oxygen atoms in total. The normalized spacial score (nSPS) is 11.8. The average molecular weight is 560 g/mol. The van der Waals surface area contributed by atoms with Crippen LogP contribution in [0.25, 0.3) is 10.8 Å². The van der Waals surface area contributed by atoms with Crippen molar-refractivity contribution in [1.82, 2.24) is 0 Å². The molecule has 0 atom stereocenters. The monoisotopic (exact) mass is 559 g/mol. The van der Waals surface area contributed by atoms with E-state index < -0.39 is 24.9 Å². The van der Waals surface area contributed by atoms with Gasteiger partial charge in [0.25, 0.3) is 0 Å². The van der Waals surface area contributed by atoms with Crippen LogP contribution in [0.1, 0.15) is 0 Å². The van der Waals surface area contributed by atoms with Crippen LogP contribution in [-0.2, 0) is 33.5 Å². The molecule has 3 rings (SSSR count). The number of nitrogens with zero attached hydrogens (tertiary/aromatic N) is 2. The van der Waals surface area contributed by atoms with Gasteiger partial charge in [0.15, 0.2) is 22.2 Å². The van der Waals surface area contributed by atoms with E-state index in [1.54, 1.807) is 12.1 Å². The molecule has 0 radical (unpaired) electrons. The molecule has 0 saturated carbocycles. The molecule has 2 N–H and O–H groups in total. The molecule has 0 aliphatic heterocycles. The van der Waals surface area contributed by atoms with Crippen molar-refractivity contribution < 1.29 is 99.3 Å². The number of nitrogen functional groups attached to an aromatic ring is 1. The second kappa shape index (κ2) is 14.3. The third-order valence-corrected chi connectivity index (χ3v) is 7.18. The van der Waals surface area contributed by atoms with E-state index in [1.165, 1.54) is 42.5 Å². The van der Waals surface area contributed by atoms with E-state index in [-0.39, 0.29) is 100 Å². The minimum absolute atomic E-state index is 0. The van der Waals surface area contributed by atoms with Crippen LogP contribution >= 0.6 is 12.3 Å². The Kier molecular flexibility index (Phi) is 13.3. The number of hydrogen-bond donors (Lipinski definition) is 1. The number of sulfone groups is 1. The van der Waals surface area contributed by atoms with Crippen molar-refractivity contribution in [2.45, 2.75) is 9.79 Å². The fourth-order valence-electron chi connectivity index (χ4n) is 2.72. The Hall–Kier alpha value is -0.630. The van der Waals surface area contributed by atoms with Crippen molar-refractivity contribution in [2.24, 2.45) is 10.2 Å². The summed E-state index contributed by atoms with van der Waals surface area (Å²) in [6.45, 7) is -0.251. The molecule has 0 unspecified atom stereocenters. The molecular formula is C18H15N3Na2O9S3. The van der Waals surface area contributed by atoms with Crippen molar-refractivity contribution in [2.75, 3.05) is 18.1 Å². The van der Waals surface area contributed by atoms with Gasteiger partial charge >= 0.3 is 59.1 Å². The number of hydrogen-bond acceptors (Lipinski definition) is 13. The zero-order valence-electron chi connectivity index (χ0n) is 18.5. The van der Waals surface area contributed by atoms with Crippen molar-refractivity contribution in [3.05, 3.63) is 54.6 Å². The van der Waals surface area contributed by atoms with E-state index in [9.17, 15) is 26.6 Å². The zero-order valence-corrected chi connectivity index (χ0v) is 24.9. The van der Waals surface area contributed by atoms with Gasteiger partial charge in [-0.05, 0) is 47.9 Å². The largest absolute Gasteiger partial charge is 1.00 e. The Morgan fingerprint density at radius 3 is 2.17 bits per heavy atom. The SMILES string of the molecule is Nc1ccc2ccc(S(=O)(=O)[O-])cc2c1N=Nc1ccc(S(=O)(=O)CCOSOO[O-])cc1.[Na+].[Na+]. The summed E-state index contributed by atoms with van der Waals surface area (Å²) < 4.78 is 67.2. The number of rotatable bonds is 10. The topological polar surface area (TPSA) is 193 Å². The van der Waals surface area contributed by atoms with E-state index in [0.29, 0.717) is 16.5 Å². The summed E-state index contributed by atoms with van der Waals surface area (Å²) in [6, 6.07) is 12.5. The first-order chi connectivity index (χ1) is 15.6. The summed E-state index contributed by atoms with van der Waals surface area (Å²) >= 11 is 0.213. The molecule has 0 bridgehead atoms. The maximum atomic E-state index is 12.3. The summed E-state index contributed by atoms with van der Waals surface area (Å²) in [5.74, 6) is -0.374. The molecule has 3 aromatic rings. The van der Waals surface area contributed by atoms with Crippen LogP contribution in [0, 0.1) is 0 Å². The molecule has 3 aromatic carbocycles. The second-order valence-electron chi connectivity index (χ2n) is 6.38. The van der Waals surface area contributed by atoms with Crippen molar-refractivity contribution in [3.8, 4) is 0 Å². The molecule has 35 heavy (non-hydrogen) atoms. The van der Waals surface area contributed by atoms with E-state index in [1.807, 2.05) is 0 Å². The molecule has 17 heteroatoms. The van der Waals surface area contributed by atoms with Gasteiger partial charge in [0.05, 0.1) is 33.5 Å².